The van der Waals surface area contributed by atoms with E-state index in [9.17, 15) is 0 Å². The van der Waals surface area contributed by atoms with E-state index in [1.807, 2.05) is 18.5 Å². The van der Waals surface area contributed by atoms with Crippen molar-refractivity contribution in [1.29, 1.82) is 0 Å². The molecule has 0 bridgehead atoms. The smallest absolute Gasteiger partial charge is 0.145 e. The lowest BCUT2D eigenvalue weighted by Gasteiger charge is -2.08. The maximum absolute atomic E-state index is 5.37. The summed E-state index contributed by atoms with van der Waals surface area (Å²) in [5.74, 6) is 7.55. The minimum atomic E-state index is 0.624. The summed E-state index contributed by atoms with van der Waals surface area (Å²) in [6.07, 6.45) is 3.47. The molecule has 2 rings (SSSR count). The number of hydrogen-bond donors (Lipinski definition) is 3. The summed E-state index contributed by atoms with van der Waals surface area (Å²) in [6, 6.07) is 1.79. The number of hydrogen-bond acceptors (Lipinski definition) is 7. The molecular formula is C11H16N6S. The molecule has 0 aliphatic heterocycles. The zero-order valence-corrected chi connectivity index (χ0v) is 11.0. The van der Waals surface area contributed by atoms with Crippen molar-refractivity contribution in [2.75, 3.05) is 17.3 Å². The Labute approximate surface area is 110 Å². The highest BCUT2D eigenvalue weighted by Gasteiger charge is 2.02. The maximum atomic E-state index is 5.37. The molecule has 2 aromatic rings. The number of hydrazine groups is 1. The van der Waals surface area contributed by atoms with Crippen LogP contribution in [-0.2, 0) is 12.8 Å². The molecule has 96 valence electrons. The minimum Gasteiger partial charge on any atom is -0.369 e. The Morgan fingerprint density at radius 1 is 1.33 bits per heavy atom. The van der Waals surface area contributed by atoms with Crippen molar-refractivity contribution < 1.29 is 0 Å². The fourth-order valence-corrected chi connectivity index (χ4v) is 2.11. The fourth-order valence-electron chi connectivity index (χ4n) is 1.49. The average molecular weight is 264 g/mol. The van der Waals surface area contributed by atoms with E-state index in [1.54, 1.807) is 17.4 Å². The molecule has 2 aromatic heterocycles. The van der Waals surface area contributed by atoms with E-state index in [2.05, 4.69) is 25.7 Å². The average Bonchev–Trinajstić information content (AvgIpc) is 2.91. The number of nitrogens with two attached hydrogens (primary N) is 1. The topological polar surface area (TPSA) is 88.8 Å². The Kier molecular flexibility index (Phi) is 4.43. The van der Waals surface area contributed by atoms with Crippen LogP contribution in [0.5, 0.6) is 0 Å². The number of nitrogens with zero attached hydrogens (tertiary/aromatic N) is 3. The standard InChI is InChI=1S/C11H16N6S/c1-2-8-15-9(7-10(16-8)17-12)13-4-3-11-14-5-6-18-11/h5-7H,2-4,12H2,1H3,(H2,13,15,16,17). The van der Waals surface area contributed by atoms with Crippen LogP contribution in [0, 0.1) is 0 Å². The normalized spacial score (nSPS) is 10.3. The van der Waals surface area contributed by atoms with Crippen LogP contribution in [0.15, 0.2) is 17.6 Å². The SMILES string of the molecule is CCc1nc(NN)cc(NCCc2nccs2)n1. The molecule has 0 spiro atoms. The first-order valence-electron chi connectivity index (χ1n) is 5.78. The van der Waals surface area contributed by atoms with E-state index in [4.69, 9.17) is 5.84 Å². The van der Waals surface area contributed by atoms with Crippen LogP contribution in [-0.4, -0.2) is 21.5 Å². The largest absolute Gasteiger partial charge is 0.369 e. The Hall–Kier alpha value is -1.73. The van der Waals surface area contributed by atoms with Crippen LogP contribution >= 0.6 is 11.3 Å². The van der Waals surface area contributed by atoms with E-state index in [0.717, 1.165) is 36.0 Å². The first kappa shape index (κ1) is 12.7. The predicted molar refractivity (Wildman–Crippen MR) is 73.5 cm³/mol. The fraction of sp³-hybridized carbons (Fsp3) is 0.364. The van der Waals surface area contributed by atoms with Gasteiger partial charge in [-0.15, -0.1) is 11.3 Å². The van der Waals surface area contributed by atoms with Gasteiger partial charge in [0.25, 0.3) is 0 Å². The van der Waals surface area contributed by atoms with Gasteiger partial charge in [-0.2, -0.15) is 0 Å². The molecule has 18 heavy (non-hydrogen) atoms. The van der Waals surface area contributed by atoms with Crippen LogP contribution in [0.25, 0.3) is 0 Å². The van der Waals surface area contributed by atoms with Gasteiger partial charge in [0.15, 0.2) is 0 Å². The van der Waals surface area contributed by atoms with Crippen LogP contribution in [0.1, 0.15) is 17.8 Å². The highest BCUT2D eigenvalue weighted by molar-refractivity contribution is 7.09. The quantitative estimate of drug-likeness (QED) is 0.540. The molecule has 0 aliphatic carbocycles. The van der Waals surface area contributed by atoms with Gasteiger partial charge < -0.3 is 10.7 Å². The van der Waals surface area contributed by atoms with Gasteiger partial charge in [0.05, 0.1) is 5.01 Å². The molecule has 0 saturated heterocycles. The number of nitrogens with one attached hydrogen (secondary N) is 2. The van der Waals surface area contributed by atoms with Gasteiger partial charge in [0.2, 0.25) is 0 Å². The number of nitrogen functional groups attached to an aromatic ring is 1. The van der Waals surface area contributed by atoms with Gasteiger partial charge in [-0.1, -0.05) is 6.92 Å². The molecule has 4 N–H and O–H groups in total. The number of thiazole rings is 1. The summed E-state index contributed by atoms with van der Waals surface area (Å²) in [6.45, 7) is 2.80. The number of aryl methyl sites for hydroxylation is 1. The molecule has 6 nitrogen and oxygen atoms in total. The van der Waals surface area contributed by atoms with Crippen molar-refractivity contribution in [3.05, 3.63) is 28.5 Å². The second kappa shape index (κ2) is 6.27. The summed E-state index contributed by atoms with van der Waals surface area (Å²) >= 11 is 1.66. The van der Waals surface area contributed by atoms with Gasteiger partial charge in [0, 0.05) is 37.0 Å². The van der Waals surface area contributed by atoms with E-state index in [1.165, 1.54) is 0 Å². The molecule has 0 atom stereocenters. The molecule has 0 amide bonds. The summed E-state index contributed by atoms with van der Waals surface area (Å²) in [7, 11) is 0. The molecule has 0 fully saturated rings. The molecule has 2 heterocycles. The molecular weight excluding hydrogens is 248 g/mol. The number of anilines is 2. The third kappa shape index (κ3) is 3.38. The van der Waals surface area contributed by atoms with Crippen LogP contribution in [0.4, 0.5) is 11.6 Å². The van der Waals surface area contributed by atoms with Gasteiger partial charge in [0.1, 0.15) is 17.5 Å². The first-order chi connectivity index (χ1) is 8.81. The highest BCUT2D eigenvalue weighted by atomic mass is 32.1. The van der Waals surface area contributed by atoms with Crippen molar-refractivity contribution in [2.24, 2.45) is 5.84 Å². The summed E-state index contributed by atoms with van der Waals surface area (Å²) in [5.41, 5.74) is 2.54. The second-order valence-electron chi connectivity index (χ2n) is 3.66. The Bertz CT molecular complexity index is 462. The molecule has 0 saturated carbocycles. The minimum absolute atomic E-state index is 0.624. The lowest BCUT2D eigenvalue weighted by molar-refractivity contribution is 0.921. The van der Waals surface area contributed by atoms with Gasteiger partial charge >= 0.3 is 0 Å². The third-order valence-electron chi connectivity index (χ3n) is 2.37. The van der Waals surface area contributed by atoms with Gasteiger partial charge in [-0.3, -0.25) is 0 Å². The van der Waals surface area contributed by atoms with Crippen molar-refractivity contribution >= 4 is 23.0 Å². The lowest BCUT2D eigenvalue weighted by atomic mass is 10.4. The Morgan fingerprint density at radius 3 is 2.83 bits per heavy atom. The van der Waals surface area contributed by atoms with E-state index in [-0.39, 0.29) is 0 Å². The van der Waals surface area contributed by atoms with Crippen molar-refractivity contribution in [1.82, 2.24) is 15.0 Å². The van der Waals surface area contributed by atoms with Gasteiger partial charge in [-0.05, 0) is 0 Å². The molecule has 0 unspecified atom stereocenters. The molecule has 7 heteroatoms. The van der Waals surface area contributed by atoms with E-state index >= 15 is 0 Å². The van der Waals surface area contributed by atoms with Crippen molar-refractivity contribution in [3.63, 3.8) is 0 Å². The maximum Gasteiger partial charge on any atom is 0.145 e. The summed E-state index contributed by atoms with van der Waals surface area (Å²) in [5, 5.41) is 6.35. The van der Waals surface area contributed by atoms with Gasteiger partial charge in [-0.25, -0.2) is 20.8 Å². The predicted octanol–water partition coefficient (Wildman–Crippen LogP) is 1.44. The number of aromatic nitrogens is 3. The molecule has 0 aliphatic rings. The monoisotopic (exact) mass is 264 g/mol. The van der Waals surface area contributed by atoms with Crippen LogP contribution < -0.4 is 16.6 Å². The van der Waals surface area contributed by atoms with Crippen molar-refractivity contribution in [2.45, 2.75) is 19.8 Å². The molecule has 0 aromatic carbocycles. The highest BCUT2D eigenvalue weighted by Crippen LogP contribution is 2.11. The second-order valence-corrected chi connectivity index (χ2v) is 4.63. The summed E-state index contributed by atoms with van der Waals surface area (Å²) < 4.78 is 0. The zero-order chi connectivity index (χ0) is 12.8. The van der Waals surface area contributed by atoms with Crippen molar-refractivity contribution in [3.8, 4) is 0 Å². The first-order valence-corrected chi connectivity index (χ1v) is 6.66. The Balaban J connectivity index is 1.95. The Morgan fingerprint density at radius 2 is 2.17 bits per heavy atom. The van der Waals surface area contributed by atoms with E-state index in [0.29, 0.717) is 5.82 Å². The summed E-state index contributed by atoms with van der Waals surface area (Å²) in [4.78, 5) is 12.8. The number of rotatable bonds is 6. The zero-order valence-electron chi connectivity index (χ0n) is 10.2. The van der Waals surface area contributed by atoms with E-state index < -0.39 is 0 Å². The lowest BCUT2D eigenvalue weighted by Crippen LogP contribution is -2.13. The molecule has 0 radical (unpaired) electrons. The third-order valence-corrected chi connectivity index (χ3v) is 3.20. The van der Waals surface area contributed by atoms with Crippen LogP contribution in [0.2, 0.25) is 0 Å². The van der Waals surface area contributed by atoms with Crippen LogP contribution in [0.3, 0.4) is 0 Å².